The molecule has 2 aromatic carbocycles. The highest BCUT2D eigenvalue weighted by atomic mass is 16.2. The van der Waals surface area contributed by atoms with Crippen LogP contribution in [0.25, 0.3) is 33.8 Å². The minimum atomic E-state index is 0. The van der Waals surface area contributed by atoms with Crippen molar-refractivity contribution in [2.24, 2.45) is 0 Å². The molecule has 0 unspecified atom stereocenters. The Morgan fingerprint density at radius 2 is 1.88 bits per heavy atom. The van der Waals surface area contributed by atoms with E-state index in [-0.39, 0.29) is 10.2 Å². The zero-order chi connectivity index (χ0) is 22.9. The molecule has 0 spiro atoms. The first kappa shape index (κ1) is 21.1. The van der Waals surface area contributed by atoms with E-state index in [9.17, 15) is 4.79 Å². The lowest BCUT2D eigenvalue weighted by atomic mass is 10.1. The van der Waals surface area contributed by atoms with Crippen LogP contribution in [0.4, 0.5) is 5.82 Å². The van der Waals surface area contributed by atoms with E-state index < -0.39 is 0 Å². The van der Waals surface area contributed by atoms with Crippen molar-refractivity contribution in [2.45, 2.75) is 13.3 Å². The fourth-order valence-corrected chi connectivity index (χ4v) is 4.16. The molecule has 0 radical (unpaired) electrons. The molecule has 5 rings (SSSR count). The molecule has 1 amide bonds. The molecule has 1 aliphatic heterocycles. The fourth-order valence-electron chi connectivity index (χ4n) is 4.16. The molecule has 33 heavy (non-hydrogen) atoms. The molecule has 174 valence electrons. The van der Waals surface area contributed by atoms with E-state index in [4.69, 9.17) is 10.7 Å². The summed E-state index contributed by atoms with van der Waals surface area (Å²) in [5, 5.41) is 0. The van der Waals surface area contributed by atoms with Crippen LogP contribution in [0, 0.1) is 6.92 Å². The predicted octanol–water partition coefficient (Wildman–Crippen LogP) is 4.09. The summed E-state index contributed by atoms with van der Waals surface area (Å²) in [5.74, 6) is 0.964. The van der Waals surface area contributed by atoms with E-state index in [1.54, 1.807) is 6.20 Å². The Bertz CT molecular complexity index is 1330. The second kappa shape index (κ2) is 8.63. The number of hydrogen-bond donors (Lipinski definition) is 2. The van der Waals surface area contributed by atoms with Crippen molar-refractivity contribution in [1.29, 1.82) is 0 Å². The number of H-pyrrole nitrogens is 1. The lowest BCUT2D eigenvalue weighted by molar-refractivity contribution is 0.0763. The van der Waals surface area contributed by atoms with Crippen molar-refractivity contribution in [3.63, 3.8) is 0 Å². The number of benzene rings is 2. The van der Waals surface area contributed by atoms with Crippen molar-refractivity contribution >= 4 is 22.8 Å². The van der Waals surface area contributed by atoms with E-state index in [0.29, 0.717) is 28.6 Å². The van der Waals surface area contributed by atoms with Gasteiger partial charge in [-0.3, -0.25) is 4.79 Å². The van der Waals surface area contributed by atoms with Crippen LogP contribution in [0.2, 0.25) is 0 Å². The van der Waals surface area contributed by atoms with Crippen LogP contribution in [-0.2, 0) is 0 Å². The fraction of sp³-hybridized carbons (Fsp3) is 0.280. The number of nitrogens with zero attached hydrogens (tertiary/aromatic N) is 5. The topological polar surface area (TPSA) is 104 Å². The summed E-state index contributed by atoms with van der Waals surface area (Å²) >= 11 is 0. The monoisotopic (exact) mass is 447 g/mol. The number of hydrogen-bond acceptors (Lipinski definition) is 6. The molecule has 0 aliphatic carbocycles. The highest BCUT2D eigenvalue weighted by Crippen LogP contribution is 2.26. The summed E-state index contributed by atoms with van der Waals surface area (Å²) in [6, 6.07) is 13.5. The number of aromatic nitrogens is 4. The zero-order valence-electron chi connectivity index (χ0n) is 18.9. The van der Waals surface area contributed by atoms with Crippen LogP contribution in [0.3, 0.4) is 0 Å². The number of carbonyl (C=O) groups excluding carboxylic acids is 1. The van der Waals surface area contributed by atoms with Gasteiger partial charge in [0.05, 0.1) is 22.9 Å². The Hall–Kier alpha value is -3.78. The van der Waals surface area contributed by atoms with Crippen LogP contribution < -0.4 is 5.73 Å². The van der Waals surface area contributed by atoms with Gasteiger partial charge in [0.1, 0.15) is 5.69 Å². The third kappa shape index (κ3) is 4.29. The number of aromatic amines is 1. The molecule has 0 saturated carbocycles. The second-order valence-corrected chi connectivity index (χ2v) is 8.62. The molecular formula is C25H33N7O. The first-order valence-corrected chi connectivity index (χ1v) is 11.2. The van der Waals surface area contributed by atoms with Crippen LogP contribution in [0.5, 0.6) is 0 Å². The Labute approximate surface area is 196 Å². The van der Waals surface area contributed by atoms with Gasteiger partial charge in [-0.1, -0.05) is 18.2 Å². The molecule has 0 atom stereocenters. The van der Waals surface area contributed by atoms with Crippen molar-refractivity contribution in [2.75, 3.05) is 39.0 Å². The highest BCUT2D eigenvalue weighted by molar-refractivity contribution is 5.94. The summed E-state index contributed by atoms with van der Waals surface area (Å²) in [4.78, 5) is 34.1. The Morgan fingerprint density at radius 1 is 1.06 bits per heavy atom. The van der Waals surface area contributed by atoms with Crippen LogP contribution in [-0.4, -0.2) is 68.9 Å². The molecular weight excluding hydrogens is 414 g/mol. The van der Waals surface area contributed by atoms with E-state index in [1.807, 2.05) is 54.3 Å². The molecule has 3 N–H and O–H groups in total. The minimum absolute atomic E-state index is 0. The highest BCUT2D eigenvalue weighted by Gasteiger charge is 2.19. The van der Waals surface area contributed by atoms with E-state index >= 15 is 0 Å². The van der Waals surface area contributed by atoms with Crippen LogP contribution in [0.15, 0.2) is 48.7 Å². The van der Waals surface area contributed by atoms with Gasteiger partial charge in [-0.2, -0.15) is 0 Å². The first-order valence-electron chi connectivity index (χ1n) is 11.2. The van der Waals surface area contributed by atoms with Gasteiger partial charge in [0.25, 0.3) is 5.91 Å². The van der Waals surface area contributed by atoms with Gasteiger partial charge < -0.3 is 20.5 Å². The third-order valence-corrected chi connectivity index (χ3v) is 6.10. The summed E-state index contributed by atoms with van der Waals surface area (Å²) in [6.45, 7) is 5.49. The molecule has 4 aromatic rings. The third-order valence-electron chi connectivity index (χ3n) is 6.10. The second-order valence-electron chi connectivity index (χ2n) is 8.62. The quantitative estimate of drug-likeness (QED) is 0.490. The summed E-state index contributed by atoms with van der Waals surface area (Å²) < 4.78 is 0. The number of nitrogens with one attached hydrogen (secondary N) is 1. The summed E-state index contributed by atoms with van der Waals surface area (Å²) in [5.41, 5.74) is 11.8. The number of rotatable bonds is 3. The maximum atomic E-state index is 13.0. The van der Waals surface area contributed by atoms with Crippen LogP contribution >= 0.6 is 0 Å². The number of nitrogen functional groups attached to an aromatic ring is 1. The Kier molecular flexibility index (Phi) is 5.51. The van der Waals surface area contributed by atoms with Gasteiger partial charge in [-0.15, -0.1) is 0 Å². The molecule has 1 aliphatic rings. The number of amides is 1. The van der Waals surface area contributed by atoms with E-state index in [2.05, 4.69) is 26.9 Å². The number of nitrogens with two attached hydrogens (primary N) is 1. The average molecular weight is 448 g/mol. The lowest BCUT2D eigenvalue weighted by Crippen LogP contribution is -2.34. The van der Waals surface area contributed by atoms with Gasteiger partial charge in [0, 0.05) is 35.0 Å². The first-order chi connectivity index (χ1) is 16.0. The van der Waals surface area contributed by atoms with Crippen molar-refractivity contribution < 1.29 is 9.07 Å². The maximum Gasteiger partial charge on any atom is 0.253 e. The van der Waals surface area contributed by atoms with Gasteiger partial charge in [-0.05, 0) is 56.8 Å². The molecule has 1 fully saturated rings. The molecule has 1 saturated heterocycles. The molecule has 8 heteroatoms. The van der Waals surface area contributed by atoms with E-state index in [1.165, 1.54) is 0 Å². The van der Waals surface area contributed by atoms with Gasteiger partial charge in [0.15, 0.2) is 11.6 Å². The van der Waals surface area contributed by atoms with E-state index in [0.717, 1.165) is 54.8 Å². The molecule has 2 aromatic heterocycles. The number of imidazole rings is 1. The smallest absolute Gasteiger partial charge is 0.253 e. The predicted molar refractivity (Wildman–Crippen MR) is 136 cm³/mol. The minimum Gasteiger partial charge on any atom is -0.382 e. The zero-order valence-corrected chi connectivity index (χ0v) is 18.9. The largest absolute Gasteiger partial charge is 0.382 e. The number of anilines is 1. The Morgan fingerprint density at radius 3 is 2.70 bits per heavy atom. The number of aryl methyl sites for hydroxylation is 1. The standard InChI is InChI=1S/C25H27N7O.3H2/c1-16-4-9-19-20(14-16)30-24(29-19)22-23(26)27-15-21(28-22)17-5-7-18(8-6-17)25(33)32-11-3-10-31(2)12-13-32;;;/h4-9,14-15H,3,10-13H2,1-2H3,(H2,26,27)(H,29,30);3*1H. The summed E-state index contributed by atoms with van der Waals surface area (Å²) in [6.07, 6.45) is 2.64. The van der Waals surface area contributed by atoms with Crippen molar-refractivity contribution in [1.82, 2.24) is 29.7 Å². The summed E-state index contributed by atoms with van der Waals surface area (Å²) in [7, 11) is 2.09. The van der Waals surface area contributed by atoms with Gasteiger partial charge >= 0.3 is 0 Å². The normalized spacial score (nSPS) is 15.0. The van der Waals surface area contributed by atoms with Crippen molar-refractivity contribution in [3.05, 3.63) is 59.8 Å². The SMILES string of the molecule is Cc1ccc2nc(-c3nc(-c4ccc(C(=O)N5CCCN(C)CC5)cc4)cnc3N)[nH]c2c1.[HH].[HH].[HH]. The van der Waals surface area contributed by atoms with Crippen LogP contribution in [0.1, 0.15) is 26.6 Å². The molecule has 8 nitrogen and oxygen atoms in total. The van der Waals surface area contributed by atoms with Crippen molar-refractivity contribution in [3.8, 4) is 22.8 Å². The molecule has 0 bridgehead atoms. The molecule has 3 heterocycles. The number of likely N-dealkylation sites (N-methyl/N-ethyl adjacent to an activating group) is 1. The number of carbonyl (C=O) groups is 1. The average Bonchev–Trinajstić information content (AvgIpc) is 3.11. The van der Waals surface area contributed by atoms with Gasteiger partial charge in [-0.25, -0.2) is 15.0 Å². The lowest BCUT2D eigenvalue weighted by Gasteiger charge is -2.20. The van der Waals surface area contributed by atoms with Gasteiger partial charge in [0.2, 0.25) is 0 Å². The maximum absolute atomic E-state index is 13.0. The number of fused-ring (bicyclic) bond motifs is 1. The Balaban J connectivity index is 0.00000152.